The third-order valence-electron chi connectivity index (χ3n) is 9.15. The van der Waals surface area contributed by atoms with Gasteiger partial charge in [-0.3, -0.25) is 0 Å². The highest BCUT2D eigenvalue weighted by atomic mass is 15.2. The maximum atomic E-state index is 2.59. The Labute approximate surface area is 218 Å². The van der Waals surface area contributed by atoms with Crippen molar-refractivity contribution in [2.45, 2.75) is 31.6 Å². The van der Waals surface area contributed by atoms with Crippen molar-refractivity contribution in [3.63, 3.8) is 0 Å². The smallest absolute Gasteiger partial charge is 0.0562 e. The van der Waals surface area contributed by atoms with E-state index in [4.69, 9.17) is 0 Å². The summed E-state index contributed by atoms with van der Waals surface area (Å²) >= 11 is 0. The van der Waals surface area contributed by atoms with Gasteiger partial charge in [-0.05, 0) is 70.8 Å². The van der Waals surface area contributed by atoms with E-state index in [2.05, 4.69) is 133 Å². The van der Waals surface area contributed by atoms with Crippen LogP contribution in [0.5, 0.6) is 0 Å². The molecule has 0 bridgehead atoms. The fourth-order valence-electron chi connectivity index (χ4n) is 7.39. The summed E-state index contributed by atoms with van der Waals surface area (Å²) in [4.78, 5) is 2.59. The first-order chi connectivity index (χ1) is 18.1. The molecule has 0 amide bonds. The first-order valence-corrected chi connectivity index (χ1v) is 13.5. The number of allylic oxidation sites excluding steroid dienone is 4. The molecule has 37 heavy (non-hydrogen) atoms. The lowest BCUT2D eigenvalue weighted by Crippen LogP contribution is -2.24. The molecule has 2 unspecified atom stereocenters. The zero-order valence-electron chi connectivity index (χ0n) is 21.4. The lowest BCUT2D eigenvalue weighted by Gasteiger charge is -2.30. The van der Waals surface area contributed by atoms with Gasteiger partial charge in [0, 0.05) is 34.6 Å². The number of aromatic nitrogens is 1. The van der Waals surface area contributed by atoms with E-state index in [1.165, 1.54) is 55.6 Å². The Kier molecular flexibility index (Phi) is 4.27. The Bertz CT molecular complexity index is 1770. The molecule has 1 aliphatic heterocycles. The molecule has 5 aromatic rings. The monoisotopic (exact) mass is 478 g/mol. The van der Waals surface area contributed by atoms with Crippen LogP contribution < -0.4 is 4.90 Å². The maximum absolute atomic E-state index is 2.59. The average Bonchev–Trinajstić information content (AvgIpc) is 3.58. The minimum Gasteiger partial charge on any atom is -0.340 e. The van der Waals surface area contributed by atoms with Gasteiger partial charge in [0.15, 0.2) is 0 Å². The van der Waals surface area contributed by atoms with Crippen molar-refractivity contribution in [1.29, 1.82) is 0 Å². The van der Waals surface area contributed by atoms with Gasteiger partial charge in [0.25, 0.3) is 0 Å². The summed E-state index contributed by atoms with van der Waals surface area (Å²) in [6.45, 7) is 5.87. The van der Waals surface area contributed by atoms with E-state index in [1.54, 1.807) is 0 Å². The standard InChI is InChI=1S/C35H30N2/c1-35(2)29-14-8-6-12-26(29)27-18-17-25(22-30(27)35)36-21-20-23-16-19-32-33(34(23)36)28-13-7-9-15-31(28)37(32)24-10-4-3-5-11-24/h3-19,22,26,29H,20-21H2,1-2H3. The number of hydrogen-bond donors (Lipinski definition) is 0. The first kappa shape index (κ1) is 21.1. The molecule has 2 heteroatoms. The van der Waals surface area contributed by atoms with Gasteiger partial charge in [0.1, 0.15) is 0 Å². The van der Waals surface area contributed by atoms with Crippen LogP contribution in [-0.2, 0) is 11.8 Å². The average molecular weight is 479 g/mol. The fraction of sp³-hybridized carbons (Fsp3) is 0.200. The maximum Gasteiger partial charge on any atom is 0.0562 e. The Morgan fingerprint density at radius 3 is 2.46 bits per heavy atom. The molecule has 4 aromatic carbocycles. The molecular weight excluding hydrogens is 448 g/mol. The Morgan fingerprint density at radius 2 is 1.57 bits per heavy atom. The fourth-order valence-corrected chi connectivity index (χ4v) is 7.39. The van der Waals surface area contributed by atoms with Crippen LogP contribution in [0.15, 0.2) is 109 Å². The summed E-state index contributed by atoms with van der Waals surface area (Å²) in [5.74, 6) is 1.02. The number of anilines is 2. The van der Waals surface area contributed by atoms with Gasteiger partial charge in [-0.1, -0.05) is 86.7 Å². The highest BCUT2D eigenvalue weighted by Gasteiger charge is 2.44. The highest BCUT2D eigenvalue weighted by molar-refractivity contribution is 6.16. The van der Waals surface area contributed by atoms with Crippen molar-refractivity contribution in [1.82, 2.24) is 4.57 Å². The molecule has 2 atom stereocenters. The molecule has 0 saturated heterocycles. The van der Waals surface area contributed by atoms with E-state index >= 15 is 0 Å². The van der Waals surface area contributed by atoms with E-state index in [0.717, 1.165) is 13.0 Å². The molecule has 2 heterocycles. The molecule has 8 rings (SSSR count). The number of nitrogens with zero attached hydrogens (tertiary/aromatic N) is 2. The number of rotatable bonds is 2. The number of para-hydroxylation sites is 2. The van der Waals surface area contributed by atoms with Gasteiger partial charge >= 0.3 is 0 Å². The van der Waals surface area contributed by atoms with E-state index in [-0.39, 0.29) is 5.41 Å². The van der Waals surface area contributed by atoms with E-state index in [1.807, 2.05) is 0 Å². The molecule has 2 aliphatic carbocycles. The number of fused-ring (bicyclic) bond motifs is 8. The predicted octanol–water partition coefficient (Wildman–Crippen LogP) is 8.59. The van der Waals surface area contributed by atoms with Gasteiger partial charge in [-0.2, -0.15) is 0 Å². The van der Waals surface area contributed by atoms with E-state index in [0.29, 0.717) is 11.8 Å². The van der Waals surface area contributed by atoms with Crippen LogP contribution in [0.1, 0.15) is 36.5 Å². The van der Waals surface area contributed by atoms with Gasteiger partial charge in [-0.25, -0.2) is 0 Å². The van der Waals surface area contributed by atoms with Crippen molar-refractivity contribution in [3.8, 4) is 5.69 Å². The van der Waals surface area contributed by atoms with Crippen molar-refractivity contribution >= 4 is 33.2 Å². The molecule has 2 nitrogen and oxygen atoms in total. The molecule has 3 aliphatic rings. The second kappa shape index (κ2) is 7.49. The second-order valence-corrected chi connectivity index (χ2v) is 11.4. The normalized spacial score (nSPS) is 21.0. The van der Waals surface area contributed by atoms with Crippen molar-refractivity contribution in [3.05, 3.63) is 126 Å². The Morgan fingerprint density at radius 1 is 0.757 bits per heavy atom. The number of hydrogen-bond acceptors (Lipinski definition) is 1. The lowest BCUT2D eigenvalue weighted by molar-refractivity contribution is 0.394. The SMILES string of the molecule is CC1(C)c2cc(N3CCc4ccc5c(c43)c3ccccc3n5-c3ccccc3)ccc2C2C=CC=CC21. The van der Waals surface area contributed by atoms with Crippen LogP contribution in [-0.4, -0.2) is 11.1 Å². The third kappa shape index (κ3) is 2.81. The molecule has 0 fully saturated rings. The highest BCUT2D eigenvalue weighted by Crippen LogP contribution is 2.54. The summed E-state index contributed by atoms with van der Waals surface area (Å²) in [5.41, 5.74) is 11.0. The molecule has 180 valence electrons. The Balaban J connectivity index is 1.35. The zero-order valence-corrected chi connectivity index (χ0v) is 21.4. The van der Waals surface area contributed by atoms with Crippen molar-refractivity contribution in [2.24, 2.45) is 5.92 Å². The summed E-state index contributed by atoms with van der Waals surface area (Å²) in [5, 5.41) is 2.70. The summed E-state index contributed by atoms with van der Waals surface area (Å²) in [7, 11) is 0. The van der Waals surface area contributed by atoms with Crippen LogP contribution in [0.2, 0.25) is 0 Å². The lowest BCUT2D eigenvalue weighted by atomic mass is 9.74. The molecule has 0 N–H and O–H groups in total. The van der Waals surface area contributed by atoms with Crippen LogP contribution in [0.25, 0.3) is 27.5 Å². The molecular formula is C35H30N2. The molecule has 0 radical (unpaired) electrons. The largest absolute Gasteiger partial charge is 0.340 e. The van der Waals surface area contributed by atoms with E-state index in [9.17, 15) is 0 Å². The topological polar surface area (TPSA) is 8.17 Å². The minimum absolute atomic E-state index is 0.120. The molecule has 0 spiro atoms. The third-order valence-corrected chi connectivity index (χ3v) is 9.15. The van der Waals surface area contributed by atoms with Crippen LogP contribution in [0.4, 0.5) is 11.4 Å². The minimum atomic E-state index is 0.120. The Hall–Kier alpha value is -4.04. The second-order valence-electron chi connectivity index (χ2n) is 11.4. The van der Waals surface area contributed by atoms with Crippen LogP contribution >= 0.6 is 0 Å². The van der Waals surface area contributed by atoms with Gasteiger partial charge < -0.3 is 9.47 Å². The van der Waals surface area contributed by atoms with Crippen molar-refractivity contribution < 1.29 is 0 Å². The quantitative estimate of drug-likeness (QED) is 0.247. The summed E-state index contributed by atoms with van der Waals surface area (Å²) < 4.78 is 2.43. The first-order valence-electron chi connectivity index (χ1n) is 13.5. The number of benzene rings is 4. The molecule has 0 saturated carbocycles. The summed E-state index contributed by atoms with van der Waals surface area (Å²) in [6.07, 6.45) is 10.3. The summed E-state index contributed by atoms with van der Waals surface area (Å²) in [6, 6.07) is 31.6. The molecule has 1 aromatic heterocycles. The van der Waals surface area contributed by atoms with Gasteiger partial charge in [0.2, 0.25) is 0 Å². The van der Waals surface area contributed by atoms with Gasteiger partial charge in [0.05, 0.1) is 16.7 Å². The predicted molar refractivity (Wildman–Crippen MR) is 155 cm³/mol. The van der Waals surface area contributed by atoms with Crippen LogP contribution in [0.3, 0.4) is 0 Å². The van der Waals surface area contributed by atoms with E-state index < -0.39 is 0 Å². The van der Waals surface area contributed by atoms with Crippen LogP contribution in [0, 0.1) is 5.92 Å². The van der Waals surface area contributed by atoms with Gasteiger partial charge in [-0.15, -0.1) is 0 Å². The zero-order chi connectivity index (χ0) is 24.7. The van der Waals surface area contributed by atoms with Crippen molar-refractivity contribution in [2.75, 3.05) is 11.4 Å².